The number of quaternary nitrogens is 1. The summed E-state index contributed by atoms with van der Waals surface area (Å²) in [7, 11) is 3.59. The number of nitrogens with one attached hydrogen (secondary N) is 1. The van der Waals surface area contributed by atoms with E-state index in [-0.39, 0.29) is 11.4 Å². The monoisotopic (exact) mass is 421 g/mol. The molecule has 30 heavy (non-hydrogen) atoms. The molecule has 0 aliphatic carbocycles. The van der Waals surface area contributed by atoms with Crippen LogP contribution in [-0.4, -0.2) is 52.7 Å². The van der Waals surface area contributed by atoms with Crippen molar-refractivity contribution in [2.75, 3.05) is 56.7 Å². The fourth-order valence-corrected chi connectivity index (χ4v) is 5.09. The fraction of sp³-hybridized carbons (Fsp3) is 0.304. The van der Waals surface area contributed by atoms with Crippen molar-refractivity contribution in [2.24, 2.45) is 0 Å². The van der Waals surface area contributed by atoms with Gasteiger partial charge in [0.05, 0.1) is 39.0 Å². The highest BCUT2D eigenvalue weighted by molar-refractivity contribution is 8.03. The molecule has 0 atom stereocenters. The van der Waals surface area contributed by atoms with Crippen LogP contribution in [0.1, 0.15) is 0 Å². The number of ether oxygens (including phenoxy) is 1. The van der Waals surface area contributed by atoms with E-state index in [4.69, 9.17) is 4.74 Å². The third-order valence-electron chi connectivity index (χ3n) is 5.64. The first-order chi connectivity index (χ1) is 14.6. The number of hydrogen-bond donors (Lipinski definition) is 1. The number of hydrogen-bond acceptors (Lipinski definition) is 6. The quantitative estimate of drug-likeness (QED) is 0.588. The van der Waals surface area contributed by atoms with E-state index < -0.39 is 0 Å². The number of nitriles is 1. The summed E-state index contributed by atoms with van der Waals surface area (Å²) in [4.78, 5) is 19.6. The molecule has 1 saturated heterocycles. The Bertz CT molecular complexity index is 1020. The SMILES string of the molecule is COc1cccc(N2CC[NH+](CC(=O)/C(C#N)=C3\Sc4ccccc4N3C)CC2)c1. The Hall–Kier alpha value is -2.95. The van der Waals surface area contributed by atoms with Crippen LogP contribution in [0, 0.1) is 11.3 Å². The number of piperazine rings is 1. The molecular formula is C23H25N4O2S+. The normalized spacial score (nSPS) is 18.0. The van der Waals surface area contributed by atoms with Gasteiger partial charge in [0.1, 0.15) is 29.0 Å². The predicted octanol–water partition coefficient (Wildman–Crippen LogP) is 1.95. The maximum atomic E-state index is 13.0. The molecule has 0 aromatic heterocycles. The van der Waals surface area contributed by atoms with E-state index in [0.29, 0.717) is 6.54 Å². The lowest BCUT2D eigenvalue weighted by Gasteiger charge is -2.33. The Kier molecular flexibility index (Phi) is 5.98. The molecule has 0 radical (unpaired) electrons. The van der Waals surface area contributed by atoms with Crippen molar-refractivity contribution < 1.29 is 14.4 Å². The van der Waals surface area contributed by atoms with E-state index in [2.05, 4.69) is 17.0 Å². The summed E-state index contributed by atoms with van der Waals surface area (Å²) in [6, 6.07) is 18.2. The number of ketones is 1. The van der Waals surface area contributed by atoms with Crippen LogP contribution < -0.4 is 19.4 Å². The minimum Gasteiger partial charge on any atom is -0.497 e. The molecule has 0 unspecified atom stereocenters. The first-order valence-electron chi connectivity index (χ1n) is 10.0. The molecule has 2 aromatic rings. The second kappa shape index (κ2) is 8.82. The van der Waals surface area contributed by atoms with Crippen LogP contribution in [0.2, 0.25) is 0 Å². The molecule has 0 spiro atoms. The molecule has 0 saturated carbocycles. The first kappa shape index (κ1) is 20.3. The average molecular weight is 422 g/mol. The Labute approximate surface area is 181 Å². The molecule has 2 aliphatic rings. The second-order valence-electron chi connectivity index (χ2n) is 7.46. The number of anilines is 2. The summed E-state index contributed by atoms with van der Waals surface area (Å²) in [5.41, 5.74) is 2.44. The van der Waals surface area contributed by atoms with Gasteiger partial charge in [0.15, 0.2) is 0 Å². The summed E-state index contributed by atoms with van der Waals surface area (Å²) in [5, 5.41) is 10.5. The predicted molar refractivity (Wildman–Crippen MR) is 119 cm³/mol. The number of para-hydroxylation sites is 1. The minimum atomic E-state index is -0.0792. The van der Waals surface area contributed by atoms with Crippen molar-refractivity contribution >= 4 is 28.9 Å². The van der Waals surface area contributed by atoms with Gasteiger partial charge in [-0.3, -0.25) is 4.79 Å². The Morgan fingerprint density at radius 1 is 1.20 bits per heavy atom. The molecule has 4 rings (SSSR count). The molecule has 6 nitrogen and oxygen atoms in total. The summed E-state index contributed by atoms with van der Waals surface area (Å²) in [5.74, 6) is 0.770. The zero-order valence-corrected chi connectivity index (χ0v) is 18.0. The van der Waals surface area contributed by atoms with E-state index in [1.54, 1.807) is 7.11 Å². The topological polar surface area (TPSA) is 61.0 Å². The Balaban J connectivity index is 1.40. The lowest BCUT2D eigenvalue weighted by atomic mass is 10.1. The zero-order chi connectivity index (χ0) is 21.1. The van der Waals surface area contributed by atoms with Gasteiger partial charge in [-0.2, -0.15) is 5.26 Å². The van der Waals surface area contributed by atoms with Crippen LogP contribution in [0.3, 0.4) is 0 Å². The highest BCUT2D eigenvalue weighted by Gasteiger charge is 2.30. The van der Waals surface area contributed by atoms with E-state index in [1.165, 1.54) is 16.7 Å². The average Bonchev–Trinajstić information content (AvgIpc) is 3.11. The van der Waals surface area contributed by atoms with Gasteiger partial charge in [0.2, 0.25) is 5.78 Å². The van der Waals surface area contributed by atoms with Crippen LogP contribution in [0.25, 0.3) is 0 Å². The fourth-order valence-electron chi connectivity index (χ4n) is 3.93. The van der Waals surface area contributed by atoms with Crippen molar-refractivity contribution in [3.05, 3.63) is 59.1 Å². The van der Waals surface area contributed by atoms with Crippen molar-refractivity contribution in [2.45, 2.75) is 4.90 Å². The number of carbonyl (C=O) groups excluding carboxylic acids is 1. The van der Waals surface area contributed by atoms with Gasteiger partial charge in [-0.1, -0.05) is 30.0 Å². The molecule has 1 N–H and O–H groups in total. The third-order valence-corrected chi connectivity index (χ3v) is 6.88. The number of methoxy groups -OCH3 is 1. The number of Topliss-reactive ketones (excluding diaryl/α,β-unsaturated/α-hetero) is 1. The molecule has 2 heterocycles. The zero-order valence-electron chi connectivity index (χ0n) is 17.2. The molecular weight excluding hydrogens is 396 g/mol. The van der Waals surface area contributed by atoms with Gasteiger partial charge in [0.25, 0.3) is 0 Å². The number of benzene rings is 2. The highest BCUT2D eigenvalue weighted by Crippen LogP contribution is 2.45. The van der Waals surface area contributed by atoms with Crippen molar-refractivity contribution in [3.8, 4) is 11.8 Å². The van der Waals surface area contributed by atoms with E-state index in [0.717, 1.165) is 53.2 Å². The van der Waals surface area contributed by atoms with Crippen molar-refractivity contribution in [1.82, 2.24) is 0 Å². The lowest BCUT2D eigenvalue weighted by molar-refractivity contribution is -0.892. The van der Waals surface area contributed by atoms with Gasteiger partial charge in [-0.05, 0) is 24.3 Å². The van der Waals surface area contributed by atoms with E-state index >= 15 is 0 Å². The van der Waals surface area contributed by atoms with Crippen LogP contribution in [0.5, 0.6) is 5.75 Å². The number of fused-ring (bicyclic) bond motifs is 1. The number of nitrogens with zero attached hydrogens (tertiary/aromatic N) is 3. The number of carbonyl (C=O) groups is 1. The van der Waals surface area contributed by atoms with Gasteiger partial charge in [0, 0.05) is 23.7 Å². The third kappa shape index (κ3) is 4.02. The molecule has 0 bridgehead atoms. The molecule has 154 valence electrons. The Morgan fingerprint density at radius 2 is 1.97 bits per heavy atom. The Morgan fingerprint density at radius 3 is 2.67 bits per heavy atom. The largest absolute Gasteiger partial charge is 0.497 e. The minimum absolute atomic E-state index is 0.0792. The molecule has 1 fully saturated rings. The summed E-state index contributed by atoms with van der Waals surface area (Å²) in [6.07, 6.45) is 0. The van der Waals surface area contributed by atoms with E-state index in [9.17, 15) is 10.1 Å². The van der Waals surface area contributed by atoms with Crippen LogP contribution in [-0.2, 0) is 4.79 Å². The smallest absolute Gasteiger partial charge is 0.230 e. The van der Waals surface area contributed by atoms with Crippen LogP contribution in [0.15, 0.2) is 64.0 Å². The summed E-state index contributed by atoms with van der Waals surface area (Å²) < 4.78 is 5.32. The number of thioether (sulfide) groups is 1. The molecule has 2 aromatic carbocycles. The van der Waals surface area contributed by atoms with E-state index in [1.807, 2.05) is 54.4 Å². The lowest BCUT2D eigenvalue weighted by Crippen LogP contribution is -3.15. The molecule has 2 aliphatic heterocycles. The number of rotatable bonds is 5. The highest BCUT2D eigenvalue weighted by atomic mass is 32.2. The summed E-state index contributed by atoms with van der Waals surface area (Å²) >= 11 is 1.50. The second-order valence-corrected chi connectivity index (χ2v) is 8.49. The van der Waals surface area contributed by atoms with Crippen LogP contribution in [0.4, 0.5) is 11.4 Å². The van der Waals surface area contributed by atoms with Crippen molar-refractivity contribution in [3.63, 3.8) is 0 Å². The van der Waals surface area contributed by atoms with Gasteiger partial charge in [-0.25, -0.2) is 0 Å². The van der Waals surface area contributed by atoms with Crippen molar-refractivity contribution in [1.29, 1.82) is 5.26 Å². The van der Waals surface area contributed by atoms with Gasteiger partial charge >= 0.3 is 0 Å². The summed E-state index contributed by atoms with van der Waals surface area (Å²) in [6.45, 7) is 3.81. The first-order valence-corrected chi connectivity index (χ1v) is 10.8. The maximum absolute atomic E-state index is 13.0. The molecule has 0 amide bonds. The van der Waals surface area contributed by atoms with Gasteiger partial charge in [-0.15, -0.1) is 0 Å². The van der Waals surface area contributed by atoms with Gasteiger partial charge < -0.3 is 19.4 Å². The maximum Gasteiger partial charge on any atom is 0.230 e. The standard InChI is InChI=1S/C23H24N4O2S/c1-25-20-8-3-4-9-22(20)30-23(25)19(15-24)21(28)16-26-10-12-27(13-11-26)17-6-5-7-18(14-17)29-2/h3-9,14H,10-13,16H2,1-2H3/p+1/b23-19-. The van der Waals surface area contributed by atoms with Crippen LogP contribution >= 0.6 is 11.8 Å². The molecule has 7 heteroatoms.